The molecular weight excluding hydrogens is 342 g/mol. The molecule has 0 aliphatic carbocycles. The summed E-state index contributed by atoms with van der Waals surface area (Å²) in [6, 6.07) is 20.4. The predicted octanol–water partition coefficient (Wildman–Crippen LogP) is 3.43. The average Bonchev–Trinajstić information content (AvgIpc) is 2.74. The van der Waals surface area contributed by atoms with E-state index in [9.17, 15) is 4.79 Å². The van der Waals surface area contributed by atoms with E-state index < -0.39 is 0 Å². The van der Waals surface area contributed by atoms with Gasteiger partial charge >= 0.3 is 0 Å². The molecule has 1 heterocycles. The standard InChI is InChI=1S/C21H19N3O3/c1-26-20-13-17(14-23-24-21(25)18-9-5-6-12-22-18)10-11-19(20)27-15-16-7-3-2-4-8-16/h2-14H,15H2,1H3,(H,24,25)/b23-14+. The summed E-state index contributed by atoms with van der Waals surface area (Å²) in [5, 5.41) is 3.96. The number of hydrogen-bond acceptors (Lipinski definition) is 5. The minimum absolute atomic E-state index is 0.303. The Bertz CT molecular complexity index is 912. The van der Waals surface area contributed by atoms with Crippen molar-refractivity contribution < 1.29 is 14.3 Å². The second kappa shape index (κ2) is 9.15. The van der Waals surface area contributed by atoms with Gasteiger partial charge in [0.05, 0.1) is 13.3 Å². The summed E-state index contributed by atoms with van der Waals surface area (Å²) in [5.41, 5.74) is 4.58. The summed E-state index contributed by atoms with van der Waals surface area (Å²) in [5.74, 6) is 0.851. The molecule has 0 radical (unpaired) electrons. The normalized spacial score (nSPS) is 10.6. The summed E-state index contributed by atoms with van der Waals surface area (Å²) < 4.78 is 11.2. The molecule has 6 heteroatoms. The van der Waals surface area contributed by atoms with E-state index >= 15 is 0 Å². The highest BCUT2D eigenvalue weighted by Crippen LogP contribution is 2.28. The maximum atomic E-state index is 11.9. The molecule has 27 heavy (non-hydrogen) atoms. The van der Waals surface area contributed by atoms with Gasteiger partial charge in [-0.3, -0.25) is 9.78 Å². The molecule has 0 fully saturated rings. The van der Waals surface area contributed by atoms with Gasteiger partial charge in [0.1, 0.15) is 12.3 Å². The van der Waals surface area contributed by atoms with E-state index in [-0.39, 0.29) is 5.91 Å². The number of rotatable bonds is 7. The lowest BCUT2D eigenvalue weighted by molar-refractivity contribution is 0.0950. The fraction of sp³-hybridized carbons (Fsp3) is 0.0952. The van der Waals surface area contributed by atoms with Crippen LogP contribution in [0.2, 0.25) is 0 Å². The van der Waals surface area contributed by atoms with E-state index in [0.717, 1.165) is 11.1 Å². The Labute approximate surface area is 157 Å². The van der Waals surface area contributed by atoms with Crippen molar-refractivity contribution in [3.8, 4) is 11.5 Å². The summed E-state index contributed by atoms with van der Waals surface area (Å²) >= 11 is 0. The smallest absolute Gasteiger partial charge is 0.289 e. The van der Waals surface area contributed by atoms with Crippen LogP contribution >= 0.6 is 0 Å². The third-order valence-electron chi connectivity index (χ3n) is 3.70. The van der Waals surface area contributed by atoms with Gasteiger partial charge in [-0.15, -0.1) is 0 Å². The summed E-state index contributed by atoms with van der Waals surface area (Å²) in [6.07, 6.45) is 3.09. The number of carbonyl (C=O) groups is 1. The van der Waals surface area contributed by atoms with Gasteiger partial charge in [-0.25, -0.2) is 5.43 Å². The molecule has 0 bridgehead atoms. The third kappa shape index (κ3) is 5.15. The number of hydrogen-bond donors (Lipinski definition) is 1. The van der Waals surface area contributed by atoms with E-state index in [1.165, 1.54) is 6.21 Å². The number of nitrogens with one attached hydrogen (secondary N) is 1. The lowest BCUT2D eigenvalue weighted by Gasteiger charge is -2.11. The van der Waals surface area contributed by atoms with Crippen LogP contribution in [0.3, 0.4) is 0 Å². The molecule has 0 atom stereocenters. The largest absolute Gasteiger partial charge is 0.493 e. The van der Waals surface area contributed by atoms with Crippen molar-refractivity contribution in [3.63, 3.8) is 0 Å². The number of carbonyl (C=O) groups excluding carboxylic acids is 1. The molecule has 3 rings (SSSR count). The Hall–Kier alpha value is -3.67. The molecule has 1 amide bonds. The van der Waals surface area contributed by atoms with Gasteiger partial charge in [0, 0.05) is 6.20 Å². The Morgan fingerprint density at radius 3 is 2.63 bits per heavy atom. The van der Waals surface area contributed by atoms with Crippen molar-refractivity contribution in [2.75, 3.05) is 7.11 Å². The highest BCUT2D eigenvalue weighted by atomic mass is 16.5. The Morgan fingerprint density at radius 1 is 1.07 bits per heavy atom. The van der Waals surface area contributed by atoms with Crippen LogP contribution in [0.5, 0.6) is 11.5 Å². The van der Waals surface area contributed by atoms with Crippen LogP contribution in [0.15, 0.2) is 78.0 Å². The molecule has 0 unspecified atom stereocenters. The Morgan fingerprint density at radius 2 is 1.89 bits per heavy atom. The Balaban J connectivity index is 1.62. The van der Waals surface area contributed by atoms with E-state index in [1.54, 1.807) is 37.6 Å². The molecule has 2 aromatic carbocycles. The van der Waals surface area contributed by atoms with Crippen molar-refractivity contribution >= 4 is 12.1 Å². The lowest BCUT2D eigenvalue weighted by atomic mass is 10.2. The fourth-order valence-electron chi connectivity index (χ4n) is 2.34. The molecule has 3 aromatic rings. The summed E-state index contributed by atoms with van der Waals surface area (Å²) in [4.78, 5) is 15.9. The molecule has 136 valence electrons. The second-order valence-corrected chi connectivity index (χ2v) is 5.60. The zero-order valence-electron chi connectivity index (χ0n) is 14.8. The van der Waals surface area contributed by atoms with Gasteiger partial charge in [-0.2, -0.15) is 5.10 Å². The molecule has 6 nitrogen and oxygen atoms in total. The SMILES string of the molecule is COc1cc(/C=N/NC(=O)c2ccccn2)ccc1OCc1ccccc1. The van der Waals surface area contributed by atoms with E-state index in [2.05, 4.69) is 15.5 Å². The predicted molar refractivity (Wildman–Crippen MR) is 103 cm³/mol. The monoisotopic (exact) mass is 361 g/mol. The van der Waals surface area contributed by atoms with Crippen LogP contribution in [0.25, 0.3) is 0 Å². The first-order valence-corrected chi connectivity index (χ1v) is 8.35. The van der Waals surface area contributed by atoms with Crippen LogP contribution in [-0.4, -0.2) is 24.2 Å². The molecule has 1 N–H and O–H groups in total. The van der Waals surface area contributed by atoms with Crippen molar-refractivity contribution in [1.29, 1.82) is 0 Å². The number of pyridine rings is 1. The van der Waals surface area contributed by atoms with Gasteiger partial charge in [-0.05, 0) is 41.5 Å². The molecule has 0 spiro atoms. The van der Waals surface area contributed by atoms with Crippen LogP contribution in [0, 0.1) is 0 Å². The van der Waals surface area contributed by atoms with Crippen LogP contribution in [-0.2, 0) is 6.61 Å². The molecule has 0 aliphatic heterocycles. The van der Waals surface area contributed by atoms with Gasteiger partial charge in [0.25, 0.3) is 5.91 Å². The minimum Gasteiger partial charge on any atom is -0.493 e. The fourth-order valence-corrected chi connectivity index (χ4v) is 2.34. The van der Waals surface area contributed by atoms with Gasteiger partial charge in [-0.1, -0.05) is 36.4 Å². The van der Waals surface area contributed by atoms with Gasteiger partial charge in [0.2, 0.25) is 0 Å². The van der Waals surface area contributed by atoms with Gasteiger partial charge in [0.15, 0.2) is 11.5 Å². The van der Waals surface area contributed by atoms with Crippen molar-refractivity contribution in [3.05, 3.63) is 89.7 Å². The van der Waals surface area contributed by atoms with Crippen molar-refractivity contribution in [2.45, 2.75) is 6.61 Å². The maximum absolute atomic E-state index is 11.9. The molecule has 1 aromatic heterocycles. The zero-order chi connectivity index (χ0) is 18.9. The van der Waals surface area contributed by atoms with Crippen LogP contribution in [0.1, 0.15) is 21.6 Å². The van der Waals surface area contributed by atoms with E-state index in [4.69, 9.17) is 9.47 Å². The highest BCUT2D eigenvalue weighted by Gasteiger charge is 2.06. The lowest BCUT2D eigenvalue weighted by Crippen LogP contribution is -2.18. The second-order valence-electron chi connectivity index (χ2n) is 5.60. The summed E-state index contributed by atoms with van der Waals surface area (Å²) in [6.45, 7) is 0.449. The number of hydrazone groups is 1. The quantitative estimate of drug-likeness (QED) is 0.517. The molecule has 0 saturated heterocycles. The van der Waals surface area contributed by atoms with Crippen molar-refractivity contribution in [1.82, 2.24) is 10.4 Å². The number of methoxy groups -OCH3 is 1. The number of benzene rings is 2. The average molecular weight is 361 g/mol. The van der Waals surface area contributed by atoms with E-state index in [1.807, 2.05) is 42.5 Å². The first kappa shape index (κ1) is 18.1. The number of ether oxygens (including phenoxy) is 2. The number of nitrogens with zero attached hydrogens (tertiary/aromatic N) is 2. The first-order chi connectivity index (χ1) is 13.3. The van der Waals surface area contributed by atoms with E-state index in [0.29, 0.717) is 23.8 Å². The highest BCUT2D eigenvalue weighted by molar-refractivity contribution is 5.93. The number of amides is 1. The number of aromatic nitrogens is 1. The third-order valence-corrected chi connectivity index (χ3v) is 3.70. The van der Waals surface area contributed by atoms with Crippen molar-refractivity contribution in [2.24, 2.45) is 5.10 Å². The first-order valence-electron chi connectivity index (χ1n) is 8.35. The topological polar surface area (TPSA) is 72.8 Å². The zero-order valence-corrected chi connectivity index (χ0v) is 14.8. The van der Waals surface area contributed by atoms with Crippen LogP contribution < -0.4 is 14.9 Å². The van der Waals surface area contributed by atoms with Crippen LogP contribution in [0.4, 0.5) is 0 Å². The maximum Gasteiger partial charge on any atom is 0.289 e. The molecule has 0 aliphatic rings. The summed E-state index contributed by atoms with van der Waals surface area (Å²) in [7, 11) is 1.58. The Kier molecular flexibility index (Phi) is 6.14. The van der Waals surface area contributed by atoms with Gasteiger partial charge < -0.3 is 9.47 Å². The molecule has 0 saturated carbocycles. The molecular formula is C21H19N3O3. The minimum atomic E-state index is -0.373.